The molecule has 5 heteroatoms. The monoisotopic (exact) mass is 364 g/mol. The highest BCUT2D eigenvalue weighted by Gasteiger charge is 2.14. The first-order valence-electron chi connectivity index (χ1n) is 6.89. The van der Waals surface area contributed by atoms with Crippen LogP contribution in [0.2, 0.25) is 0 Å². The van der Waals surface area contributed by atoms with E-state index in [0.717, 1.165) is 33.0 Å². The van der Waals surface area contributed by atoms with Gasteiger partial charge < -0.3 is 10.1 Å². The Hall–Kier alpha value is -1.17. The van der Waals surface area contributed by atoms with E-state index in [1.54, 1.807) is 11.3 Å². The molecule has 21 heavy (non-hydrogen) atoms. The van der Waals surface area contributed by atoms with Gasteiger partial charge in [-0.1, -0.05) is 15.9 Å². The smallest absolute Gasteiger partial charge is 0.127 e. The predicted molar refractivity (Wildman–Crippen MR) is 90.9 cm³/mol. The number of thiazole rings is 1. The zero-order valence-electron chi connectivity index (χ0n) is 12.0. The zero-order valence-corrected chi connectivity index (χ0v) is 14.4. The topological polar surface area (TPSA) is 34.1 Å². The fraction of sp³-hybridized carbons (Fsp3) is 0.312. The molecular formula is C16H17BrN2OS. The molecule has 3 nitrogen and oxygen atoms in total. The molecule has 0 spiro atoms. The lowest BCUT2D eigenvalue weighted by Crippen LogP contribution is -2.24. The average Bonchev–Trinajstić information content (AvgIpc) is 2.91. The molecule has 1 aliphatic rings. The normalized spacial score (nSPS) is 15.1. The van der Waals surface area contributed by atoms with Gasteiger partial charge in [-0.25, -0.2) is 4.98 Å². The quantitative estimate of drug-likeness (QED) is 0.875. The fourth-order valence-corrected chi connectivity index (χ4v) is 3.45. The van der Waals surface area contributed by atoms with Gasteiger partial charge in [0, 0.05) is 27.7 Å². The molecule has 1 N–H and O–H groups in total. The van der Waals surface area contributed by atoms with Crippen molar-refractivity contribution in [2.24, 2.45) is 0 Å². The minimum Gasteiger partial charge on any atom is -0.489 e. The summed E-state index contributed by atoms with van der Waals surface area (Å²) < 4.78 is 6.86. The number of nitrogens with one attached hydrogen (secondary N) is 1. The Morgan fingerprint density at radius 3 is 3.10 bits per heavy atom. The number of fused-ring (bicyclic) bond motifs is 1. The van der Waals surface area contributed by atoms with Crippen LogP contribution in [-0.2, 0) is 0 Å². The first-order chi connectivity index (χ1) is 10.1. The van der Waals surface area contributed by atoms with Crippen LogP contribution in [0.1, 0.15) is 29.2 Å². The lowest BCUT2D eigenvalue weighted by atomic mass is 10.1. The van der Waals surface area contributed by atoms with E-state index in [1.165, 1.54) is 5.57 Å². The van der Waals surface area contributed by atoms with Crippen LogP contribution in [0.5, 0.6) is 5.75 Å². The Labute approximate surface area is 137 Å². The molecule has 3 rings (SSSR count). The molecule has 2 heterocycles. The van der Waals surface area contributed by atoms with Crippen molar-refractivity contribution in [1.82, 2.24) is 10.3 Å². The summed E-state index contributed by atoms with van der Waals surface area (Å²) in [5, 5.41) is 6.74. The molecular weight excluding hydrogens is 348 g/mol. The van der Waals surface area contributed by atoms with Crippen molar-refractivity contribution in [2.75, 3.05) is 13.2 Å². The number of benzene rings is 1. The number of ether oxygens (including phenoxy) is 1. The molecule has 0 radical (unpaired) electrons. The zero-order chi connectivity index (χ0) is 14.8. The van der Waals surface area contributed by atoms with E-state index in [0.29, 0.717) is 6.61 Å². The number of hydrogen-bond donors (Lipinski definition) is 1. The Morgan fingerprint density at radius 1 is 1.48 bits per heavy atom. The van der Waals surface area contributed by atoms with Crippen LogP contribution < -0.4 is 10.1 Å². The van der Waals surface area contributed by atoms with E-state index >= 15 is 0 Å². The van der Waals surface area contributed by atoms with Crippen molar-refractivity contribution in [3.05, 3.63) is 49.9 Å². The number of aryl methyl sites for hydroxylation is 1. The predicted octanol–water partition coefficient (Wildman–Crippen LogP) is 4.34. The van der Waals surface area contributed by atoms with Crippen molar-refractivity contribution >= 4 is 33.3 Å². The third-order valence-electron chi connectivity index (χ3n) is 3.39. The Bertz CT molecular complexity index is 681. The summed E-state index contributed by atoms with van der Waals surface area (Å²) in [5.74, 6) is 0.950. The highest BCUT2D eigenvalue weighted by atomic mass is 79.9. The van der Waals surface area contributed by atoms with Gasteiger partial charge in [0.05, 0.1) is 6.04 Å². The van der Waals surface area contributed by atoms with Crippen molar-refractivity contribution in [2.45, 2.75) is 19.9 Å². The van der Waals surface area contributed by atoms with E-state index in [4.69, 9.17) is 4.74 Å². The van der Waals surface area contributed by atoms with Gasteiger partial charge in [0.2, 0.25) is 0 Å². The summed E-state index contributed by atoms with van der Waals surface area (Å²) in [6.07, 6.45) is 2.20. The van der Waals surface area contributed by atoms with Crippen LogP contribution in [0.15, 0.2) is 33.6 Å². The van der Waals surface area contributed by atoms with Gasteiger partial charge in [0.15, 0.2) is 0 Å². The van der Waals surface area contributed by atoms with Crippen molar-refractivity contribution in [3.63, 3.8) is 0 Å². The van der Waals surface area contributed by atoms with Gasteiger partial charge in [0.1, 0.15) is 17.4 Å². The molecule has 0 aliphatic carbocycles. The number of aromatic nitrogens is 1. The standard InChI is InChI=1S/C16H17BrN2OS/c1-10-9-21-16(19-10)11(2)18-7-12-5-13-6-14(17)3-4-15(13)20-8-12/h3-6,9,11,18H,7-8H2,1-2H3. The lowest BCUT2D eigenvalue weighted by molar-refractivity contribution is 0.341. The molecule has 1 aliphatic heterocycles. The van der Waals surface area contributed by atoms with Gasteiger partial charge in [-0.3, -0.25) is 0 Å². The first-order valence-corrected chi connectivity index (χ1v) is 8.56. The minimum atomic E-state index is 0.258. The molecule has 110 valence electrons. The average molecular weight is 365 g/mol. The van der Waals surface area contributed by atoms with Crippen molar-refractivity contribution < 1.29 is 4.74 Å². The van der Waals surface area contributed by atoms with E-state index in [9.17, 15) is 0 Å². The van der Waals surface area contributed by atoms with Gasteiger partial charge in [-0.15, -0.1) is 11.3 Å². The van der Waals surface area contributed by atoms with Crippen LogP contribution in [-0.4, -0.2) is 18.1 Å². The Morgan fingerprint density at radius 2 is 2.33 bits per heavy atom. The van der Waals surface area contributed by atoms with Crippen LogP contribution >= 0.6 is 27.3 Å². The van der Waals surface area contributed by atoms with Crippen molar-refractivity contribution in [1.29, 1.82) is 0 Å². The Kier molecular flexibility index (Phi) is 4.42. The largest absolute Gasteiger partial charge is 0.489 e. The summed E-state index contributed by atoms with van der Waals surface area (Å²) in [6, 6.07) is 6.35. The molecule has 0 amide bonds. The highest BCUT2D eigenvalue weighted by molar-refractivity contribution is 9.10. The van der Waals surface area contributed by atoms with Crippen LogP contribution in [0.4, 0.5) is 0 Å². The van der Waals surface area contributed by atoms with Gasteiger partial charge in [-0.05, 0) is 43.7 Å². The second-order valence-corrected chi connectivity index (χ2v) is 7.01. The number of hydrogen-bond acceptors (Lipinski definition) is 4. The molecule has 0 saturated carbocycles. The van der Waals surface area contributed by atoms with E-state index < -0.39 is 0 Å². The maximum absolute atomic E-state index is 5.79. The molecule has 2 aromatic rings. The summed E-state index contributed by atoms with van der Waals surface area (Å²) in [5.41, 5.74) is 3.47. The number of rotatable bonds is 4. The van der Waals surface area contributed by atoms with Crippen molar-refractivity contribution in [3.8, 4) is 5.75 Å². The maximum Gasteiger partial charge on any atom is 0.127 e. The molecule has 1 unspecified atom stereocenters. The third kappa shape index (κ3) is 3.54. The van der Waals surface area contributed by atoms with E-state index in [2.05, 4.69) is 50.7 Å². The Balaban J connectivity index is 1.66. The molecule has 0 fully saturated rings. The summed E-state index contributed by atoms with van der Waals surface area (Å²) >= 11 is 5.20. The highest BCUT2D eigenvalue weighted by Crippen LogP contribution is 2.29. The maximum atomic E-state index is 5.79. The minimum absolute atomic E-state index is 0.258. The summed E-state index contributed by atoms with van der Waals surface area (Å²) in [4.78, 5) is 4.52. The van der Waals surface area contributed by atoms with Gasteiger partial charge >= 0.3 is 0 Å². The van der Waals surface area contributed by atoms with Crippen LogP contribution in [0.25, 0.3) is 6.08 Å². The number of halogens is 1. The third-order valence-corrected chi connectivity index (χ3v) is 5.03. The molecule has 0 saturated heterocycles. The van der Waals surface area contributed by atoms with E-state index in [-0.39, 0.29) is 6.04 Å². The molecule has 1 atom stereocenters. The molecule has 0 bridgehead atoms. The summed E-state index contributed by atoms with van der Waals surface area (Å²) in [6.45, 7) is 5.63. The summed E-state index contributed by atoms with van der Waals surface area (Å²) in [7, 11) is 0. The van der Waals surface area contributed by atoms with Gasteiger partial charge in [-0.2, -0.15) is 0 Å². The molecule has 1 aromatic carbocycles. The lowest BCUT2D eigenvalue weighted by Gasteiger charge is -2.20. The SMILES string of the molecule is Cc1csc(C(C)NCC2=Cc3cc(Br)ccc3OC2)n1. The molecule has 1 aromatic heterocycles. The second-order valence-electron chi connectivity index (χ2n) is 5.20. The fourth-order valence-electron chi connectivity index (χ4n) is 2.24. The second kappa shape index (κ2) is 6.30. The van der Waals surface area contributed by atoms with E-state index in [1.807, 2.05) is 19.1 Å². The van der Waals surface area contributed by atoms with Crippen LogP contribution in [0.3, 0.4) is 0 Å². The number of nitrogens with zero attached hydrogens (tertiary/aromatic N) is 1. The first kappa shape index (κ1) is 14.8. The van der Waals surface area contributed by atoms with Gasteiger partial charge in [0.25, 0.3) is 0 Å². The van der Waals surface area contributed by atoms with Crippen LogP contribution in [0, 0.1) is 6.92 Å².